The SMILES string of the molecule is COC1CC(Nc2cccc(Br)c2C(N)=S)C1. The number of nitrogens with two attached hydrogens (primary N) is 1. The van der Waals surface area contributed by atoms with Gasteiger partial charge in [0.25, 0.3) is 0 Å². The highest BCUT2D eigenvalue weighted by Crippen LogP contribution is 2.30. The van der Waals surface area contributed by atoms with Crippen LogP contribution in [0.2, 0.25) is 0 Å². The molecule has 0 atom stereocenters. The molecule has 1 aromatic rings. The van der Waals surface area contributed by atoms with E-state index in [0.717, 1.165) is 28.6 Å². The zero-order valence-corrected chi connectivity index (χ0v) is 12.0. The molecule has 0 aromatic heterocycles. The predicted octanol–water partition coefficient (Wildman–Crippen LogP) is 2.67. The Balaban J connectivity index is 2.11. The average Bonchev–Trinajstić information content (AvgIpc) is 2.22. The van der Waals surface area contributed by atoms with E-state index in [1.807, 2.05) is 18.2 Å². The van der Waals surface area contributed by atoms with Gasteiger partial charge in [-0.05, 0) is 40.9 Å². The minimum atomic E-state index is 0.382. The fraction of sp³-hybridized carbons (Fsp3) is 0.417. The molecule has 2 rings (SSSR count). The van der Waals surface area contributed by atoms with Gasteiger partial charge in [-0.1, -0.05) is 18.3 Å². The summed E-state index contributed by atoms with van der Waals surface area (Å²) in [6, 6.07) is 6.36. The Morgan fingerprint density at radius 1 is 1.53 bits per heavy atom. The number of ether oxygens (including phenoxy) is 1. The maximum atomic E-state index is 5.74. The number of hydrogen-bond acceptors (Lipinski definition) is 3. The number of anilines is 1. The van der Waals surface area contributed by atoms with E-state index in [2.05, 4.69) is 21.2 Å². The molecule has 1 aromatic carbocycles. The molecule has 92 valence electrons. The van der Waals surface area contributed by atoms with E-state index in [1.54, 1.807) is 7.11 Å². The zero-order valence-electron chi connectivity index (χ0n) is 9.57. The van der Waals surface area contributed by atoms with Crippen LogP contribution in [0.5, 0.6) is 0 Å². The second-order valence-corrected chi connectivity index (χ2v) is 5.49. The molecule has 3 nitrogen and oxygen atoms in total. The number of rotatable bonds is 4. The smallest absolute Gasteiger partial charge is 0.107 e. The Labute approximate surface area is 115 Å². The van der Waals surface area contributed by atoms with Crippen LogP contribution in [0.3, 0.4) is 0 Å². The third-order valence-electron chi connectivity index (χ3n) is 3.05. The summed E-state index contributed by atoms with van der Waals surface area (Å²) in [5.41, 5.74) is 7.61. The fourth-order valence-corrected chi connectivity index (χ4v) is 2.92. The van der Waals surface area contributed by atoms with Gasteiger partial charge in [-0.25, -0.2) is 0 Å². The first-order chi connectivity index (χ1) is 8.11. The minimum absolute atomic E-state index is 0.382. The van der Waals surface area contributed by atoms with Gasteiger partial charge in [-0.2, -0.15) is 0 Å². The first kappa shape index (κ1) is 12.8. The summed E-state index contributed by atoms with van der Waals surface area (Å²) in [4.78, 5) is 0.405. The first-order valence-electron chi connectivity index (χ1n) is 5.49. The van der Waals surface area contributed by atoms with Gasteiger partial charge in [0, 0.05) is 28.9 Å². The second kappa shape index (κ2) is 5.33. The zero-order chi connectivity index (χ0) is 12.4. The molecule has 0 amide bonds. The van der Waals surface area contributed by atoms with Gasteiger partial charge in [-0.15, -0.1) is 0 Å². The highest BCUT2D eigenvalue weighted by atomic mass is 79.9. The van der Waals surface area contributed by atoms with Crippen molar-refractivity contribution in [1.29, 1.82) is 0 Å². The van der Waals surface area contributed by atoms with Crippen LogP contribution in [0.4, 0.5) is 5.69 Å². The van der Waals surface area contributed by atoms with E-state index in [9.17, 15) is 0 Å². The van der Waals surface area contributed by atoms with Gasteiger partial charge in [0.1, 0.15) is 4.99 Å². The molecule has 5 heteroatoms. The Bertz CT molecular complexity index is 433. The van der Waals surface area contributed by atoms with Crippen molar-refractivity contribution in [2.75, 3.05) is 12.4 Å². The minimum Gasteiger partial charge on any atom is -0.389 e. The van der Waals surface area contributed by atoms with E-state index in [1.165, 1.54) is 0 Å². The standard InChI is InChI=1S/C12H15BrN2OS/c1-16-8-5-7(6-8)15-10-4-2-3-9(13)11(10)12(14)17/h2-4,7-8,15H,5-6H2,1H3,(H2,14,17). The summed E-state index contributed by atoms with van der Waals surface area (Å²) in [7, 11) is 1.75. The maximum absolute atomic E-state index is 5.74. The van der Waals surface area contributed by atoms with E-state index >= 15 is 0 Å². The van der Waals surface area contributed by atoms with Crippen LogP contribution in [-0.2, 0) is 4.74 Å². The molecule has 1 saturated carbocycles. The Kier molecular flexibility index (Phi) is 4.01. The molecule has 0 saturated heterocycles. The molecular weight excluding hydrogens is 300 g/mol. The van der Waals surface area contributed by atoms with Crippen LogP contribution >= 0.6 is 28.1 Å². The molecule has 1 aliphatic carbocycles. The molecule has 1 fully saturated rings. The Morgan fingerprint density at radius 2 is 2.24 bits per heavy atom. The van der Waals surface area contributed by atoms with Gasteiger partial charge in [-0.3, -0.25) is 0 Å². The Morgan fingerprint density at radius 3 is 2.82 bits per heavy atom. The molecular formula is C12H15BrN2OS. The predicted molar refractivity (Wildman–Crippen MR) is 77.5 cm³/mol. The highest BCUT2D eigenvalue weighted by molar-refractivity contribution is 9.10. The molecule has 0 radical (unpaired) electrons. The topological polar surface area (TPSA) is 47.3 Å². The van der Waals surface area contributed by atoms with E-state index in [-0.39, 0.29) is 0 Å². The molecule has 0 heterocycles. The lowest BCUT2D eigenvalue weighted by molar-refractivity contribution is 0.0329. The van der Waals surface area contributed by atoms with Gasteiger partial charge >= 0.3 is 0 Å². The summed E-state index contributed by atoms with van der Waals surface area (Å²) in [5, 5.41) is 3.46. The normalized spacial score (nSPS) is 22.9. The Hall–Kier alpha value is -0.650. The molecule has 0 bridgehead atoms. The number of thiocarbonyl (C=S) groups is 1. The quantitative estimate of drug-likeness (QED) is 0.839. The van der Waals surface area contributed by atoms with Crippen molar-refractivity contribution in [3.05, 3.63) is 28.2 Å². The maximum Gasteiger partial charge on any atom is 0.107 e. The van der Waals surface area contributed by atoms with Crippen molar-refractivity contribution >= 4 is 38.8 Å². The summed E-state index contributed by atoms with van der Waals surface area (Å²) < 4.78 is 6.18. The second-order valence-electron chi connectivity index (χ2n) is 4.20. The number of benzene rings is 1. The number of methoxy groups -OCH3 is 1. The molecule has 17 heavy (non-hydrogen) atoms. The van der Waals surface area contributed by atoms with Gasteiger partial charge in [0.15, 0.2) is 0 Å². The molecule has 1 aliphatic rings. The summed E-state index contributed by atoms with van der Waals surface area (Å²) in [6.45, 7) is 0. The van der Waals surface area contributed by atoms with Crippen molar-refractivity contribution < 1.29 is 4.74 Å². The summed E-state index contributed by atoms with van der Waals surface area (Å²) >= 11 is 8.54. The van der Waals surface area contributed by atoms with Crippen molar-refractivity contribution in [2.24, 2.45) is 5.73 Å². The van der Waals surface area contributed by atoms with E-state index in [0.29, 0.717) is 17.1 Å². The van der Waals surface area contributed by atoms with E-state index in [4.69, 9.17) is 22.7 Å². The van der Waals surface area contributed by atoms with Gasteiger partial charge in [0.05, 0.1) is 6.10 Å². The third kappa shape index (κ3) is 2.78. The molecule has 0 aliphatic heterocycles. The molecule has 0 spiro atoms. The van der Waals surface area contributed by atoms with Gasteiger partial charge in [0.2, 0.25) is 0 Å². The van der Waals surface area contributed by atoms with Crippen molar-refractivity contribution in [3.63, 3.8) is 0 Å². The van der Waals surface area contributed by atoms with Crippen LogP contribution < -0.4 is 11.1 Å². The van der Waals surface area contributed by atoms with Crippen LogP contribution in [-0.4, -0.2) is 24.2 Å². The van der Waals surface area contributed by atoms with Gasteiger partial charge < -0.3 is 15.8 Å². The number of hydrogen-bond donors (Lipinski definition) is 2. The van der Waals surface area contributed by atoms with Crippen LogP contribution in [0.1, 0.15) is 18.4 Å². The van der Waals surface area contributed by atoms with Crippen LogP contribution in [0.15, 0.2) is 22.7 Å². The lowest BCUT2D eigenvalue weighted by Crippen LogP contribution is -2.40. The number of halogens is 1. The van der Waals surface area contributed by atoms with Crippen LogP contribution in [0.25, 0.3) is 0 Å². The molecule has 0 unspecified atom stereocenters. The highest BCUT2D eigenvalue weighted by Gasteiger charge is 2.29. The van der Waals surface area contributed by atoms with Crippen molar-refractivity contribution in [2.45, 2.75) is 25.0 Å². The monoisotopic (exact) mass is 314 g/mol. The van der Waals surface area contributed by atoms with E-state index < -0.39 is 0 Å². The lowest BCUT2D eigenvalue weighted by Gasteiger charge is -2.35. The van der Waals surface area contributed by atoms with Crippen molar-refractivity contribution in [1.82, 2.24) is 0 Å². The largest absolute Gasteiger partial charge is 0.389 e. The molecule has 3 N–H and O–H groups in total. The van der Waals surface area contributed by atoms with Crippen molar-refractivity contribution in [3.8, 4) is 0 Å². The number of nitrogens with one attached hydrogen (secondary N) is 1. The summed E-state index contributed by atoms with van der Waals surface area (Å²) in [6.07, 6.45) is 2.44. The van der Waals surface area contributed by atoms with Crippen LogP contribution in [0, 0.1) is 0 Å². The fourth-order valence-electron chi connectivity index (χ4n) is 1.99. The lowest BCUT2D eigenvalue weighted by atomic mass is 9.89. The average molecular weight is 315 g/mol. The third-order valence-corrected chi connectivity index (χ3v) is 3.91. The first-order valence-corrected chi connectivity index (χ1v) is 6.69. The summed E-state index contributed by atoms with van der Waals surface area (Å²) in [5.74, 6) is 0.